The van der Waals surface area contributed by atoms with E-state index < -0.39 is 42.2 Å². The highest BCUT2D eigenvalue weighted by Crippen LogP contribution is 2.48. The van der Waals surface area contributed by atoms with Crippen LogP contribution >= 0.6 is 0 Å². The first-order valence-corrected chi connectivity index (χ1v) is 21.3. The van der Waals surface area contributed by atoms with Crippen LogP contribution < -0.4 is 10.4 Å². The number of ether oxygens (including phenoxy) is 4. The van der Waals surface area contributed by atoms with Crippen molar-refractivity contribution in [3.8, 4) is 17.6 Å². The Balaban J connectivity index is 1.22. The second-order valence-corrected chi connectivity index (χ2v) is 17.0. The van der Waals surface area contributed by atoms with Gasteiger partial charge in [-0.2, -0.15) is 0 Å². The zero-order chi connectivity index (χ0) is 42.5. The van der Waals surface area contributed by atoms with E-state index in [0.717, 1.165) is 41.5 Å². The summed E-state index contributed by atoms with van der Waals surface area (Å²) in [6, 6.07) is 30.8. The minimum Gasteiger partial charge on any atom is -0.482 e. The van der Waals surface area contributed by atoms with Crippen LogP contribution in [0.15, 0.2) is 111 Å². The third-order valence-corrected chi connectivity index (χ3v) is 12.3. The summed E-state index contributed by atoms with van der Waals surface area (Å²) in [6.07, 6.45) is 2.69. The number of aliphatic hydroxyl groups is 1. The SMILES string of the molecule is CC(C)=C1CCc2ccc3c(c2)CC#CCC2(C)Oc4ccc5cc(CCOCO)c(=O)oc5c4C(OC(=O)CC(CCc4cccc(Cc5ccccc5)c4)C3)C2OC1=O. The van der Waals surface area contributed by atoms with Crippen molar-refractivity contribution in [2.24, 2.45) is 5.92 Å². The van der Waals surface area contributed by atoms with Gasteiger partial charge in [0, 0.05) is 35.8 Å². The van der Waals surface area contributed by atoms with E-state index in [9.17, 15) is 14.4 Å². The Hall–Kier alpha value is -5.95. The Labute approximate surface area is 356 Å². The molecule has 1 aromatic heterocycles. The van der Waals surface area contributed by atoms with Crippen molar-refractivity contribution < 1.29 is 38.1 Å². The molecule has 0 radical (unpaired) electrons. The zero-order valence-corrected chi connectivity index (χ0v) is 35.1. The van der Waals surface area contributed by atoms with Crippen LogP contribution in [0.4, 0.5) is 0 Å². The predicted octanol–water partition coefficient (Wildman–Crippen LogP) is 8.65. The average Bonchev–Trinajstić information content (AvgIpc) is 3.23. The standard InChI is InChI=1S/C52H52O9/c1-33(2)43-21-18-36-17-19-40-29-38(16-15-35-12-9-13-37(27-35)26-34-10-5-4-6-11-34)30-45(54)58-48-46-44(22-20-41-31-42(23-25-57-32-53)50(55)59-47(41)46)61-52(3,49(48)60-51(43)56)24-8-7-14-39(40)28-36/h4-6,9-13,17,19-20,22,27-28,31,38,48-49,53H,14-16,18,21,23-26,29-30,32H2,1-3H3. The Morgan fingerprint density at radius 2 is 1.66 bits per heavy atom. The normalized spacial score (nSPS) is 21.2. The van der Waals surface area contributed by atoms with Crippen LogP contribution in [-0.2, 0) is 62.3 Å². The second-order valence-electron chi connectivity index (χ2n) is 17.0. The van der Waals surface area contributed by atoms with Crippen molar-refractivity contribution in [2.45, 2.75) is 103 Å². The number of aliphatic hydroxyl groups excluding tert-OH is 1. The molecule has 3 aliphatic rings. The van der Waals surface area contributed by atoms with Gasteiger partial charge in [-0.25, -0.2) is 9.59 Å². The maximum Gasteiger partial charge on any atom is 0.339 e. The van der Waals surface area contributed by atoms with E-state index in [2.05, 4.69) is 78.6 Å². The van der Waals surface area contributed by atoms with Gasteiger partial charge in [0.1, 0.15) is 18.1 Å². The molecule has 3 aliphatic heterocycles. The molecule has 4 atom stereocenters. The Bertz CT molecular complexity index is 2590. The number of carbonyl (C=O) groups is 2. The summed E-state index contributed by atoms with van der Waals surface area (Å²) in [5.74, 6) is 6.02. The van der Waals surface area contributed by atoms with E-state index in [-0.39, 0.29) is 37.4 Å². The lowest BCUT2D eigenvalue weighted by Gasteiger charge is -2.44. The highest BCUT2D eigenvalue weighted by molar-refractivity contribution is 5.90. The molecule has 314 valence electrons. The quantitative estimate of drug-likeness (QED) is 0.0389. The molecule has 0 spiro atoms. The molecule has 0 amide bonds. The number of rotatable bonds is 9. The number of allylic oxidation sites excluding steroid dienone is 1. The van der Waals surface area contributed by atoms with Crippen molar-refractivity contribution in [1.29, 1.82) is 0 Å². The van der Waals surface area contributed by atoms with Crippen LogP contribution in [0, 0.1) is 17.8 Å². The molecule has 0 saturated carbocycles. The topological polar surface area (TPSA) is 122 Å². The predicted molar refractivity (Wildman–Crippen MR) is 232 cm³/mol. The second kappa shape index (κ2) is 18.3. The van der Waals surface area contributed by atoms with Gasteiger partial charge in [-0.3, -0.25) is 4.79 Å². The summed E-state index contributed by atoms with van der Waals surface area (Å²) in [5.41, 5.74) is 7.39. The molecule has 4 unspecified atom stereocenters. The fourth-order valence-corrected chi connectivity index (χ4v) is 8.95. The molecule has 9 nitrogen and oxygen atoms in total. The van der Waals surface area contributed by atoms with E-state index in [1.54, 1.807) is 18.2 Å². The first-order valence-electron chi connectivity index (χ1n) is 21.3. The van der Waals surface area contributed by atoms with Gasteiger partial charge < -0.3 is 28.5 Å². The smallest absolute Gasteiger partial charge is 0.339 e. The van der Waals surface area contributed by atoms with Crippen LogP contribution in [0.25, 0.3) is 11.0 Å². The minimum absolute atomic E-state index is 0.100. The number of aryl methyl sites for hydroxylation is 2. The molecule has 0 aliphatic carbocycles. The Morgan fingerprint density at radius 1 is 0.836 bits per heavy atom. The van der Waals surface area contributed by atoms with Crippen LogP contribution in [0.1, 0.15) is 97.1 Å². The van der Waals surface area contributed by atoms with Gasteiger partial charge in [-0.1, -0.05) is 90.2 Å². The molecule has 4 heterocycles. The largest absolute Gasteiger partial charge is 0.482 e. The lowest BCUT2D eigenvalue weighted by atomic mass is 9.83. The van der Waals surface area contributed by atoms with Crippen LogP contribution in [0.5, 0.6) is 5.75 Å². The number of benzene rings is 4. The van der Waals surface area contributed by atoms with Gasteiger partial charge in [-0.15, -0.1) is 0 Å². The van der Waals surface area contributed by atoms with Gasteiger partial charge in [0.05, 0.1) is 18.6 Å². The van der Waals surface area contributed by atoms with Gasteiger partial charge in [0.25, 0.3) is 0 Å². The molecule has 5 aromatic rings. The van der Waals surface area contributed by atoms with Crippen molar-refractivity contribution >= 4 is 22.9 Å². The molecular formula is C52H52O9. The van der Waals surface area contributed by atoms with Gasteiger partial charge in [0.15, 0.2) is 17.8 Å². The average molecular weight is 821 g/mol. The molecule has 8 rings (SSSR count). The van der Waals surface area contributed by atoms with Crippen molar-refractivity contribution in [2.75, 3.05) is 13.4 Å². The summed E-state index contributed by atoms with van der Waals surface area (Å²) >= 11 is 0. The van der Waals surface area contributed by atoms with E-state index in [1.807, 2.05) is 26.8 Å². The van der Waals surface area contributed by atoms with Crippen LogP contribution in [-0.4, -0.2) is 42.1 Å². The van der Waals surface area contributed by atoms with Gasteiger partial charge in [-0.05, 0) is 117 Å². The third kappa shape index (κ3) is 9.52. The summed E-state index contributed by atoms with van der Waals surface area (Å²) in [5, 5.41) is 9.70. The van der Waals surface area contributed by atoms with E-state index in [1.165, 1.54) is 16.7 Å². The van der Waals surface area contributed by atoms with Crippen molar-refractivity contribution in [3.63, 3.8) is 0 Å². The fraction of sp³-hybridized carbons (Fsp3) is 0.365. The summed E-state index contributed by atoms with van der Waals surface area (Å²) in [4.78, 5) is 42.5. The highest BCUT2D eigenvalue weighted by Gasteiger charge is 2.53. The molecule has 9 heteroatoms. The molecule has 0 saturated heterocycles. The van der Waals surface area contributed by atoms with Gasteiger partial charge in [0.2, 0.25) is 0 Å². The lowest BCUT2D eigenvalue weighted by molar-refractivity contribution is -0.190. The molecule has 0 fully saturated rings. The molecule has 61 heavy (non-hydrogen) atoms. The molecular weight excluding hydrogens is 769 g/mol. The lowest BCUT2D eigenvalue weighted by Crippen LogP contribution is -2.54. The van der Waals surface area contributed by atoms with E-state index in [4.69, 9.17) is 28.5 Å². The summed E-state index contributed by atoms with van der Waals surface area (Å²) in [6.45, 7) is 5.27. The maximum absolute atomic E-state index is 14.6. The molecule has 5 bridgehead atoms. The molecule has 4 aromatic carbocycles. The first-order chi connectivity index (χ1) is 29.6. The van der Waals surface area contributed by atoms with Crippen LogP contribution in [0.3, 0.4) is 0 Å². The van der Waals surface area contributed by atoms with Gasteiger partial charge >= 0.3 is 17.6 Å². The maximum atomic E-state index is 14.6. The Kier molecular flexibility index (Phi) is 12.6. The van der Waals surface area contributed by atoms with E-state index in [0.29, 0.717) is 53.5 Å². The van der Waals surface area contributed by atoms with Crippen LogP contribution in [0.2, 0.25) is 0 Å². The monoisotopic (exact) mass is 820 g/mol. The summed E-state index contributed by atoms with van der Waals surface area (Å²) in [7, 11) is 0. The first kappa shape index (κ1) is 41.8. The van der Waals surface area contributed by atoms with Crippen molar-refractivity contribution in [1.82, 2.24) is 0 Å². The number of fused-ring (bicyclic) bond motifs is 7. The number of carbonyl (C=O) groups excluding carboxylic acids is 2. The Morgan fingerprint density at radius 3 is 2.48 bits per heavy atom. The fourth-order valence-electron chi connectivity index (χ4n) is 8.95. The number of hydrogen-bond donors (Lipinski definition) is 1. The zero-order valence-electron chi connectivity index (χ0n) is 35.1. The minimum atomic E-state index is -1.26. The summed E-state index contributed by atoms with van der Waals surface area (Å²) < 4.78 is 31.0. The third-order valence-electron chi connectivity index (χ3n) is 12.3. The van der Waals surface area contributed by atoms with Crippen molar-refractivity contribution in [3.05, 3.63) is 157 Å². The molecule has 1 N–H and O–H groups in total. The highest BCUT2D eigenvalue weighted by atomic mass is 16.6. The van der Waals surface area contributed by atoms with E-state index >= 15 is 0 Å². The number of esters is 2. The number of hydrogen-bond acceptors (Lipinski definition) is 9.